The van der Waals surface area contributed by atoms with Crippen molar-refractivity contribution in [2.24, 2.45) is 7.05 Å². The van der Waals surface area contributed by atoms with Gasteiger partial charge in [0.05, 0.1) is 30.5 Å². The van der Waals surface area contributed by atoms with Crippen molar-refractivity contribution in [3.05, 3.63) is 51.8 Å². The van der Waals surface area contributed by atoms with E-state index in [1.165, 1.54) is 0 Å². The molecule has 0 radical (unpaired) electrons. The minimum Gasteiger partial charge on any atom is -0.379 e. The highest BCUT2D eigenvalue weighted by Gasteiger charge is 2.27. The van der Waals surface area contributed by atoms with Crippen LogP contribution in [-0.4, -0.2) is 59.2 Å². The number of aryl methyl sites for hydroxylation is 2. The zero-order chi connectivity index (χ0) is 20.3. The van der Waals surface area contributed by atoms with Crippen LogP contribution in [0.4, 0.5) is 0 Å². The van der Waals surface area contributed by atoms with E-state index in [1.54, 1.807) is 25.6 Å². The van der Waals surface area contributed by atoms with Crippen LogP contribution in [0, 0.1) is 13.8 Å². The first-order valence-corrected chi connectivity index (χ1v) is 9.66. The Morgan fingerprint density at radius 2 is 1.86 bits per heavy atom. The molecule has 0 bridgehead atoms. The summed E-state index contributed by atoms with van der Waals surface area (Å²) in [4.78, 5) is 27.5. The number of rotatable bonds is 6. The molecule has 1 N–H and O–H groups in total. The molecule has 0 saturated carbocycles. The van der Waals surface area contributed by atoms with E-state index in [0.717, 1.165) is 18.7 Å². The third kappa shape index (κ3) is 4.43. The fourth-order valence-electron chi connectivity index (χ4n) is 3.52. The van der Waals surface area contributed by atoms with Crippen LogP contribution in [0.15, 0.2) is 24.3 Å². The number of hydrogen-bond acceptors (Lipinski definition) is 5. The first-order valence-electron chi connectivity index (χ1n) is 9.28. The van der Waals surface area contributed by atoms with Crippen LogP contribution in [0.1, 0.15) is 33.4 Å². The van der Waals surface area contributed by atoms with Gasteiger partial charge in [-0.1, -0.05) is 23.7 Å². The number of aromatic nitrogens is 2. The Hall–Kier alpha value is -2.22. The minimum atomic E-state index is -0.619. The van der Waals surface area contributed by atoms with Gasteiger partial charge in [0.25, 0.3) is 11.7 Å². The van der Waals surface area contributed by atoms with Crippen molar-refractivity contribution in [1.29, 1.82) is 0 Å². The molecule has 28 heavy (non-hydrogen) atoms. The van der Waals surface area contributed by atoms with Crippen molar-refractivity contribution < 1.29 is 14.3 Å². The molecule has 1 saturated heterocycles. The molecule has 2 heterocycles. The van der Waals surface area contributed by atoms with Crippen molar-refractivity contribution in [2.75, 3.05) is 32.8 Å². The topological polar surface area (TPSA) is 76.5 Å². The van der Waals surface area contributed by atoms with Crippen LogP contribution < -0.4 is 5.32 Å². The average Bonchev–Trinajstić information content (AvgIpc) is 2.95. The molecule has 150 valence electrons. The summed E-state index contributed by atoms with van der Waals surface area (Å²) in [5.41, 5.74) is 2.64. The number of nitrogens with one attached hydrogen (secondary N) is 1. The van der Waals surface area contributed by atoms with E-state index in [9.17, 15) is 9.59 Å². The minimum absolute atomic E-state index is 0.0611. The zero-order valence-electron chi connectivity index (χ0n) is 16.4. The molecule has 0 spiro atoms. The van der Waals surface area contributed by atoms with E-state index in [0.29, 0.717) is 41.7 Å². The molecule has 1 aliphatic heterocycles. The van der Waals surface area contributed by atoms with Crippen LogP contribution in [0.3, 0.4) is 0 Å². The van der Waals surface area contributed by atoms with Gasteiger partial charge >= 0.3 is 0 Å². The van der Waals surface area contributed by atoms with E-state index >= 15 is 0 Å². The quantitative estimate of drug-likeness (QED) is 0.589. The monoisotopic (exact) mass is 404 g/mol. The fraction of sp³-hybridized carbons (Fsp3) is 0.450. The maximum Gasteiger partial charge on any atom is 0.292 e. The van der Waals surface area contributed by atoms with Crippen molar-refractivity contribution in [2.45, 2.75) is 19.9 Å². The van der Waals surface area contributed by atoms with Gasteiger partial charge in [-0.15, -0.1) is 0 Å². The summed E-state index contributed by atoms with van der Waals surface area (Å²) < 4.78 is 7.05. The lowest BCUT2D eigenvalue weighted by atomic mass is 10.0. The molecular weight excluding hydrogens is 380 g/mol. The molecule has 3 rings (SSSR count). The summed E-state index contributed by atoms with van der Waals surface area (Å²) >= 11 is 6.01. The number of hydrogen-bond donors (Lipinski definition) is 1. The molecule has 1 aromatic carbocycles. The van der Waals surface area contributed by atoms with Crippen LogP contribution >= 0.6 is 11.6 Å². The Bertz CT molecular complexity index is 857. The number of carbonyl (C=O) groups excluding carboxylic acids is 2. The van der Waals surface area contributed by atoms with E-state index in [4.69, 9.17) is 16.3 Å². The molecule has 7 nitrogen and oxygen atoms in total. The fourth-order valence-corrected chi connectivity index (χ4v) is 3.64. The smallest absolute Gasteiger partial charge is 0.292 e. The first kappa shape index (κ1) is 20.5. The summed E-state index contributed by atoms with van der Waals surface area (Å²) in [6, 6.07) is 7.51. The number of benzene rings is 1. The molecule has 1 fully saturated rings. The number of nitrogens with zero attached hydrogens (tertiary/aromatic N) is 3. The predicted octanol–water partition coefficient (Wildman–Crippen LogP) is 2.06. The van der Waals surface area contributed by atoms with Crippen molar-refractivity contribution in [1.82, 2.24) is 20.0 Å². The number of amides is 1. The third-order valence-electron chi connectivity index (χ3n) is 5.14. The largest absolute Gasteiger partial charge is 0.379 e. The number of ether oxygens (including phenoxy) is 1. The lowest BCUT2D eigenvalue weighted by molar-refractivity contribution is -0.117. The van der Waals surface area contributed by atoms with Crippen LogP contribution in [0.2, 0.25) is 5.02 Å². The third-order valence-corrected chi connectivity index (χ3v) is 5.39. The second-order valence-corrected chi connectivity index (χ2v) is 7.36. The summed E-state index contributed by atoms with van der Waals surface area (Å²) in [6.45, 7) is 6.65. The van der Waals surface area contributed by atoms with Gasteiger partial charge in [0.15, 0.2) is 0 Å². The molecular formula is C20H25ClN4O3. The number of carbonyl (C=O) groups is 2. The lowest BCUT2D eigenvalue weighted by Crippen LogP contribution is -2.45. The van der Waals surface area contributed by atoms with E-state index in [1.807, 2.05) is 24.3 Å². The normalized spacial score (nSPS) is 16.0. The van der Waals surface area contributed by atoms with Crippen LogP contribution in [0.25, 0.3) is 0 Å². The molecule has 1 unspecified atom stereocenters. The number of morpholine rings is 1. The second-order valence-electron chi connectivity index (χ2n) is 6.92. The van der Waals surface area contributed by atoms with Crippen LogP contribution in [-0.2, 0) is 16.6 Å². The van der Waals surface area contributed by atoms with Gasteiger partial charge < -0.3 is 10.1 Å². The first-order chi connectivity index (χ1) is 13.4. The van der Waals surface area contributed by atoms with Gasteiger partial charge in [0.2, 0.25) is 0 Å². The number of ketones is 1. The van der Waals surface area contributed by atoms with Gasteiger partial charge in [-0.05, 0) is 31.5 Å². The number of Topliss-reactive ketones (excluding diaryl/α,β-unsaturated/α-hetero) is 1. The Morgan fingerprint density at radius 3 is 2.43 bits per heavy atom. The van der Waals surface area contributed by atoms with E-state index in [2.05, 4.69) is 15.3 Å². The Kier molecular flexibility index (Phi) is 6.49. The summed E-state index contributed by atoms with van der Waals surface area (Å²) in [7, 11) is 1.76. The van der Waals surface area contributed by atoms with Gasteiger partial charge in [-0.2, -0.15) is 5.10 Å². The molecule has 0 aliphatic carbocycles. The lowest BCUT2D eigenvalue weighted by Gasteiger charge is -2.34. The van der Waals surface area contributed by atoms with Crippen molar-refractivity contribution >= 4 is 23.3 Å². The van der Waals surface area contributed by atoms with E-state index < -0.39 is 11.7 Å². The summed E-state index contributed by atoms with van der Waals surface area (Å²) in [6.07, 6.45) is 0. The highest BCUT2D eigenvalue weighted by molar-refractivity contribution is 6.43. The van der Waals surface area contributed by atoms with Gasteiger partial charge in [0, 0.05) is 37.4 Å². The van der Waals surface area contributed by atoms with Gasteiger partial charge in [-0.25, -0.2) is 0 Å². The Balaban J connectivity index is 1.74. The molecule has 2 aromatic rings. The maximum atomic E-state index is 12.7. The second kappa shape index (κ2) is 8.86. The average molecular weight is 405 g/mol. The SMILES string of the molecule is Cc1nn(C)c(C)c1C(=O)C(=O)NCC(c1ccc(Cl)cc1)N1CCOCC1. The summed E-state index contributed by atoms with van der Waals surface area (Å²) in [5, 5.41) is 7.69. The van der Waals surface area contributed by atoms with E-state index in [-0.39, 0.29) is 6.04 Å². The highest BCUT2D eigenvalue weighted by Crippen LogP contribution is 2.23. The maximum absolute atomic E-state index is 12.7. The molecule has 1 amide bonds. The molecule has 1 aliphatic rings. The standard InChI is InChI=1S/C20H25ClN4O3/c1-13-18(14(2)24(3)23-13)19(26)20(27)22-12-17(25-8-10-28-11-9-25)15-4-6-16(21)7-5-15/h4-7,17H,8-12H2,1-3H3,(H,22,27). The Morgan fingerprint density at radius 1 is 1.21 bits per heavy atom. The van der Waals surface area contributed by atoms with Gasteiger partial charge in [-0.3, -0.25) is 19.2 Å². The van der Waals surface area contributed by atoms with Crippen LogP contribution in [0.5, 0.6) is 0 Å². The predicted molar refractivity (Wildman–Crippen MR) is 107 cm³/mol. The van der Waals surface area contributed by atoms with Gasteiger partial charge in [0.1, 0.15) is 0 Å². The zero-order valence-corrected chi connectivity index (χ0v) is 17.1. The van der Waals surface area contributed by atoms with Crippen molar-refractivity contribution in [3.63, 3.8) is 0 Å². The molecule has 8 heteroatoms. The molecule has 1 atom stereocenters. The number of halogens is 1. The summed E-state index contributed by atoms with van der Waals surface area (Å²) in [5.74, 6) is -1.17. The Labute approximate surface area is 169 Å². The van der Waals surface area contributed by atoms with Crippen molar-refractivity contribution in [3.8, 4) is 0 Å². The molecule has 1 aromatic heterocycles. The highest BCUT2D eigenvalue weighted by atomic mass is 35.5.